The first kappa shape index (κ1) is 16.0. The van der Waals surface area contributed by atoms with E-state index in [1.807, 2.05) is 18.2 Å². The Hall–Kier alpha value is -2.50. The molecule has 0 saturated heterocycles. The Morgan fingerprint density at radius 2 is 1.92 bits per heavy atom. The number of imidazole rings is 1. The van der Waals surface area contributed by atoms with Gasteiger partial charge in [0.05, 0.1) is 18.3 Å². The van der Waals surface area contributed by atoms with Crippen LogP contribution in [0.3, 0.4) is 0 Å². The summed E-state index contributed by atoms with van der Waals surface area (Å²) < 4.78 is 21.0. The maximum absolute atomic E-state index is 12.9. The topological polar surface area (TPSA) is 39.1 Å². The largest absolute Gasteiger partial charge is 0.367 e. The Morgan fingerprint density at radius 3 is 2.72 bits per heavy atom. The maximum atomic E-state index is 12.9. The molecule has 1 aromatic heterocycles. The maximum Gasteiger partial charge on any atom is 0.135 e. The van der Waals surface area contributed by atoms with Crippen LogP contribution in [0.5, 0.6) is 0 Å². The van der Waals surface area contributed by atoms with Crippen molar-refractivity contribution in [2.75, 3.05) is 6.54 Å². The summed E-state index contributed by atoms with van der Waals surface area (Å²) in [5.74, 6) is 0.759. The zero-order chi connectivity index (χ0) is 17.1. The van der Waals surface area contributed by atoms with Crippen LogP contribution < -0.4 is 5.32 Å². The monoisotopic (exact) mass is 337 g/mol. The first-order valence-corrected chi connectivity index (χ1v) is 8.46. The van der Waals surface area contributed by atoms with Crippen LogP contribution in [0.4, 0.5) is 4.39 Å². The van der Waals surface area contributed by atoms with E-state index in [0.717, 1.165) is 35.7 Å². The lowest BCUT2D eigenvalue weighted by molar-refractivity contribution is 0.00278. The molecule has 2 heterocycles. The molecular weight excluding hydrogens is 317 g/mol. The molecule has 3 aromatic rings. The zero-order valence-electron chi connectivity index (χ0n) is 13.9. The van der Waals surface area contributed by atoms with Gasteiger partial charge in [0, 0.05) is 24.8 Å². The lowest BCUT2D eigenvalue weighted by Gasteiger charge is -2.24. The van der Waals surface area contributed by atoms with Crippen LogP contribution in [-0.2, 0) is 24.4 Å². The Morgan fingerprint density at radius 1 is 1.12 bits per heavy atom. The summed E-state index contributed by atoms with van der Waals surface area (Å²) in [6, 6.07) is 16.7. The van der Waals surface area contributed by atoms with E-state index in [1.54, 1.807) is 12.1 Å². The van der Waals surface area contributed by atoms with Gasteiger partial charge in [-0.25, -0.2) is 9.37 Å². The molecule has 0 fully saturated rings. The van der Waals surface area contributed by atoms with Crippen molar-refractivity contribution >= 4 is 0 Å². The second kappa shape index (κ2) is 7.17. The molecule has 0 spiro atoms. The van der Waals surface area contributed by atoms with Crippen LogP contribution in [0, 0.1) is 5.82 Å². The van der Waals surface area contributed by atoms with E-state index in [-0.39, 0.29) is 11.9 Å². The molecule has 0 saturated carbocycles. The Bertz CT molecular complexity index is 830. The van der Waals surface area contributed by atoms with Crippen LogP contribution in [0.15, 0.2) is 60.8 Å². The predicted octanol–water partition coefficient (Wildman–Crippen LogP) is 3.38. The highest BCUT2D eigenvalue weighted by molar-refractivity contribution is 5.58. The van der Waals surface area contributed by atoms with Gasteiger partial charge < -0.3 is 14.6 Å². The van der Waals surface area contributed by atoms with E-state index in [2.05, 4.69) is 33.2 Å². The predicted molar refractivity (Wildman–Crippen MR) is 94.3 cm³/mol. The van der Waals surface area contributed by atoms with Crippen molar-refractivity contribution in [3.05, 3.63) is 78.0 Å². The summed E-state index contributed by atoms with van der Waals surface area (Å²) in [5.41, 5.74) is 3.17. The Balaban J connectivity index is 1.35. The second-order valence-electron chi connectivity index (χ2n) is 6.25. The van der Waals surface area contributed by atoms with Crippen molar-refractivity contribution in [3.8, 4) is 11.3 Å². The first-order valence-electron chi connectivity index (χ1n) is 8.46. The highest BCUT2D eigenvalue weighted by atomic mass is 19.1. The number of aromatic nitrogens is 2. The molecule has 0 amide bonds. The fourth-order valence-electron chi connectivity index (χ4n) is 3.04. The van der Waals surface area contributed by atoms with Crippen molar-refractivity contribution < 1.29 is 9.13 Å². The highest BCUT2D eigenvalue weighted by Crippen LogP contribution is 2.21. The van der Waals surface area contributed by atoms with Crippen molar-refractivity contribution in [3.63, 3.8) is 0 Å². The third-order valence-electron chi connectivity index (χ3n) is 4.39. The minimum absolute atomic E-state index is 0.103. The molecule has 0 radical (unpaired) electrons. The number of hydrogen-bond acceptors (Lipinski definition) is 3. The van der Waals surface area contributed by atoms with E-state index < -0.39 is 0 Å². The molecular formula is C20H20FN3O. The van der Waals surface area contributed by atoms with Gasteiger partial charge in [0.25, 0.3) is 0 Å². The van der Waals surface area contributed by atoms with Crippen LogP contribution in [0.2, 0.25) is 0 Å². The van der Waals surface area contributed by atoms with Gasteiger partial charge in [0.2, 0.25) is 0 Å². The summed E-state index contributed by atoms with van der Waals surface area (Å²) in [4.78, 5) is 4.67. The third kappa shape index (κ3) is 3.78. The molecule has 1 aliphatic rings. The summed E-state index contributed by atoms with van der Waals surface area (Å²) >= 11 is 0. The quantitative estimate of drug-likeness (QED) is 0.776. The van der Waals surface area contributed by atoms with E-state index in [9.17, 15) is 4.39 Å². The van der Waals surface area contributed by atoms with E-state index in [1.165, 1.54) is 12.1 Å². The average molecular weight is 337 g/mol. The van der Waals surface area contributed by atoms with Gasteiger partial charge in [0.1, 0.15) is 18.2 Å². The van der Waals surface area contributed by atoms with E-state index in [4.69, 9.17) is 4.74 Å². The van der Waals surface area contributed by atoms with Crippen LogP contribution in [0.1, 0.15) is 11.4 Å². The number of fused-ring (bicyclic) bond motifs is 1. The standard InChI is InChI=1S/C20H20FN3O/c21-17-8-6-15(7-9-17)10-22-11-18-12-24-13-19(23-20(24)14-25-18)16-4-2-1-3-5-16/h1-9,13,18,22H,10-12,14H2. The molecule has 25 heavy (non-hydrogen) atoms. The summed E-state index contributed by atoms with van der Waals surface area (Å²) in [6.07, 6.45) is 2.20. The molecule has 1 unspecified atom stereocenters. The van der Waals surface area contributed by atoms with E-state index >= 15 is 0 Å². The van der Waals surface area contributed by atoms with Gasteiger partial charge in [0.15, 0.2) is 0 Å². The number of hydrogen-bond donors (Lipinski definition) is 1. The van der Waals surface area contributed by atoms with Crippen molar-refractivity contribution in [1.29, 1.82) is 0 Å². The smallest absolute Gasteiger partial charge is 0.135 e. The van der Waals surface area contributed by atoms with Crippen LogP contribution in [-0.4, -0.2) is 22.2 Å². The molecule has 4 rings (SSSR count). The molecule has 0 aliphatic carbocycles. The SMILES string of the molecule is Fc1ccc(CNCC2Cn3cc(-c4ccccc4)nc3CO2)cc1. The van der Waals surface area contributed by atoms with Crippen LogP contribution >= 0.6 is 0 Å². The van der Waals surface area contributed by atoms with E-state index in [0.29, 0.717) is 13.2 Å². The zero-order valence-corrected chi connectivity index (χ0v) is 13.9. The molecule has 0 bridgehead atoms. The van der Waals surface area contributed by atoms with Gasteiger partial charge in [-0.15, -0.1) is 0 Å². The van der Waals surface area contributed by atoms with Gasteiger partial charge >= 0.3 is 0 Å². The lowest BCUT2D eigenvalue weighted by Crippen LogP contribution is -2.35. The number of halogens is 1. The molecule has 1 N–H and O–H groups in total. The second-order valence-corrected chi connectivity index (χ2v) is 6.25. The molecule has 128 valence electrons. The number of ether oxygens (including phenoxy) is 1. The minimum Gasteiger partial charge on any atom is -0.367 e. The van der Waals surface area contributed by atoms with Gasteiger partial charge in [-0.05, 0) is 17.7 Å². The normalized spacial score (nSPS) is 16.6. The van der Waals surface area contributed by atoms with Crippen molar-refractivity contribution in [2.45, 2.75) is 25.8 Å². The van der Waals surface area contributed by atoms with Crippen molar-refractivity contribution in [1.82, 2.24) is 14.9 Å². The molecule has 1 atom stereocenters. The lowest BCUT2D eigenvalue weighted by atomic mass is 10.2. The van der Waals surface area contributed by atoms with Crippen LogP contribution in [0.25, 0.3) is 11.3 Å². The van der Waals surface area contributed by atoms with Gasteiger partial charge in [-0.1, -0.05) is 42.5 Å². The Labute approximate surface area is 146 Å². The third-order valence-corrected chi connectivity index (χ3v) is 4.39. The molecule has 4 nitrogen and oxygen atoms in total. The molecule has 1 aliphatic heterocycles. The summed E-state index contributed by atoms with van der Waals surface area (Å²) in [6.45, 7) is 2.75. The number of benzene rings is 2. The summed E-state index contributed by atoms with van der Waals surface area (Å²) in [5, 5.41) is 3.38. The fraction of sp³-hybridized carbons (Fsp3) is 0.250. The number of nitrogens with one attached hydrogen (secondary N) is 1. The summed E-state index contributed by atoms with van der Waals surface area (Å²) in [7, 11) is 0. The Kier molecular flexibility index (Phi) is 4.59. The van der Waals surface area contributed by atoms with Gasteiger partial charge in [-0.2, -0.15) is 0 Å². The first-order chi connectivity index (χ1) is 12.3. The van der Waals surface area contributed by atoms with Crippen molar-refractivity contribution in [2.24, 2.45) is 0 Å². The fourth-order valence-corrected chi connectivity index (χ4v) is 3.04. The number of rotatable bonds is 5. The van der Waals surface area contributed by atoms with Gasteiger partial charge in [-0.3, -0.25) is 0 Å². The minimum atomic E-state index is -0.207. The highest BCUT2D eigenvalue weighted by Gasteiger charge is 2.21. The molecule has 2 aromatic carbocycles. The average Bonchev–Trinajstić information content (AvgIpc) is 3.07. The molecule has 5 heteroatoms. The number of nitrogens with zero attached hydrogens (tertiary/aromatic N) is 2.